The Balaban J connectivity index is 1.57. The van der Waals surface area contributed by atoms with E-state index in [1.807, 2.05) is 42.2 Å². The Kier molecular flexibility index (Phi) is 4.51. The molecule has 1 aromatic carbocycles. The van der Waals surface area contributed by atoms with E-state index in [0.29, 0.717) is 17.2 Å². The van der Waals surface area contributed by atoms with Crippen molar-refractivity contribution in [3.05, 3.63) is 58.5 Å². The number of likely N-dealkylation sites (tertiary alicyclic amines) is 1. The Morgan fingerprint density at radius 3 is 3.08 bits per heavy atom. The molecular weight excluding hydrogens is 352 g/mol. The van der Waals surface area contributed by atoms with Crippen LogP contribution in [-0.2, 0) is 11.2 Å². The number of carbonyl (C=O) groups is 1. The maximum absolute atomic E-state index is 12.9. The van der Waals surface area contributed by atoms with Crippen molar-refractivity contribution in [1.29, 1.82) is 0 Å². The fraction of sp³-hybridized carbons (Fsp3) is 0.316. The summed E-state index contributed by atoms with van der Waals surface area (Å²) >= 11 is 6.03. The third-order valence-corrected chi connectivity index (χ3v) is 4.95. The summed E-state index contributed by atoms with van der Waals surface area (Å²) in [4.78, 5) is 14.8. The standard InChI is InChI=1S/C19H19ClN4O2/c1-12-8-17(26-23-12)15-11-21-22-19(15)16-6-3-7-24(16)18(25)10-13-4-2-5-14(20)9-13/h2,4-5,8-9,11,16H,3,6-7,10H2,1H3,(H,21,22)/t16-/m1/s1. The lowest BCUT2D eigenvalue weighted by Crippen LogP contribution is -2.32. The Labute approximate surface area is 156 Å². The van der Waals surface area contributed by atoms with E-state index >= 15 is 0 Å². The van der Waals surface area contributed by atoms with Crippen LogP contribution in [-0.4, -0.2) is 32.7 Å². The third kappa shape index (κ3) is 3.24. The van der Waals surface area contributed by atoms with Crippen LogP contribution in [0.15, 0.2) is 41.1 Å². The molecule has 0 radical (unpaired) electrons. The van der Waals surface area contributed by atoms with E-state index in [4.69, 9.17) is 16.1 Å². The number of benzene rings is 1. The number of rotatable bonds is 4. The predicted molar refractivity (Wildman–Crippen MR) is 97.7 cm³/mol. The van der Waals surface area contributed by atoms with Crippen molar-refractivity contribution in [3.63, 3.8) is 0 Å². The lowest BCUT2D eigenvalue weighted by molar-refractivity contribution is -0.131. The molecule has 0 unspecified atom stereocenters. The number of aryl methyl sites for hydroxylation is 1. The SMILES string of the molecule is Cc1cc(-c2cn[nH]c2[C@H]2CCCN2C(=O)Cc2cccc(Cl)c2)on1. The quantitative estimate of drug-likeness (QED) is 0.754. The summed E-state index contributed by atoms with van der Waals surface area (Å²) in [5.74, 6) is 0.754. The molecule has 1 aliphatic heterocycles. The second kappa shape index (κ2) is 6.96. The third-order valence-electron chi connectivity index (χ3n) is 4.71. The van der Waals surface area contributed by atoms with E-state index in [2.05, 4.69) is 15.4 Å². The van der Waals surface area contributed by atoms with Crippen molar-refractivity contribution in [2.24, 2.45) is 0 Å². The van der Waals surface area contributed by atoms with Gasteiger partial charge in [-0.3, -0.25) is 9.89 Å². The van der Waals surface area contributed by atoms with Crippen LogP contribution in [0.1, 0.15) is 35.8 Å². The molecule has 0 bridgehead atoms. The molecule has 1 aliphatic rings. The number of aromatic amines is 1. The molecule has 0 saturated carbocycles. The first-order chi connectivity index (χ1) is 12.6. The van der Waals surface area contributed by atoms with Crippen molar-refractivity contribution in [2.75, 3.05) is 6.54 Å². The zero-order valence-electron chi connectivity index (χ0n) is 14.4. The molecule has 3 heterocycles. The summed E-state index contributed by atoms with van der Waals surface area (Å²) in [6.45, 7) is 2.61. The van der Waals surface area contributed by atoms with Crippen molar-refractivity contribution in [3.8, 4) is 11.3 Å². The fourth-order valence-electron chi connectivity index (χ4n) is 3.53. The maximum Gasteiger partial charge on any atom is 0.227 e. The highest BCUT2D eigenvalue weighted by atomic mass is 35.5. The van der Waals surface area contributed by atoms with Gasteiger partial charge >= 0.3 is 0 Å². The highest BCUT2D eigenvalue weighted by Crippen LogP contribution is 2.37. The topological polar surface area (TPSA) is 75.0 Å². The molecule has 3 aromatic rings. The number of carbonyl (C=O) groups excluding carboxylic acids is 1. The first-order valence-electron chi connectivity index (χ1n) is 8.62. The highest BCUT2D eigenvalue weighted by molar-refractivity contribution is 6.30. The highest BCUT2D eigenvalue weighted by Gasteiger charge is 2.33. The number of aromatic nitrogens is 3. The van der Waals surface area contributed by atoms with Gasteiger partial charge in [0.1, 0.15) is 0 Å². The molecule has 0 spiro atoms. The number of nitrogens with zero attached hydrogens (tertiary/aromatic N) is 3. The smallest absolute Gasteiger partial charge is 0.227 e. The minimum Gasteiger partial charge on any atom is -0.356 e. The van der Waals surface area contributed by atoms with Gasteiger partial charge in [0.2, 0.25) is 5.91 Å². The maximum atomic E-state index is 12.9. The average Bonchev–Trinajstić information content (AvgIpc) is 3.34. The van der Waals surface area contributed by atoms with E-state index in [1.54, 1.807) is 6.20 Å². The minimum absolute atomic E-state index is 0.0374. The van der Waals surface area contributed by atoms with Crippen LogP contribution < -0.4 is 0 Å². The zero-order valence-corrected chi connectivity index (χ0v) is 15.2. The Morgan fingerprint density at radius 2 is 2.31 bits per heavy atom. The lowest BCUT2D eigenvalue weighted by atomic mass is 10.0. The molecule has 26 heavy (non-hydrogen) atoms. The number of amides is 1. The van der Waals surface area contributed by atoms with Crippen LogP contribution in [0.5, 0.6) is 0 Å². The number of hydrogen-bond acceptors (Lipinski definition) is 4. The van der Waals surface area contributed by atoms with Gasteiger partial charge < -0.3 is 9.42 Å². The first kappa shape index (κ1) is 16.8. The summed E-state index contributed by atoms with van der Waals surface area (Å²) < 4.78 is 5.39. The molecule has 0 aliphatic carbocycles. The van der Waals surface area contributed by atoms with Gasteiger partial charge in [-0.15, -0.1) is 0 Å². The minimum atomic E-state index is -0.0374. The molecule has 2 aromatic heterocycles. The van der Waals surface area contributed by atoms with Crippen LogP contribution in [0.3, 0.4) is 0 Å². The Morgan fingerprint density at radius 1 is 1.42 bits per heavy atom. The molecule has 1 amide bonds. The van der Waals surface area contributed by atoms with E-state index < -0.39 is 0 Å². The number of H-pyrrole nitrogens is 1. The normalized spacial score (nSPS) is 17.0. The summed E-state index contributed by atoms with van der Waals surface area (Å²) in [7, 11) is 0. The Hall–Kier alpha value is -2.60. The van der Waals surface area contributed by atoms with E-state index in [-0.39, 0.29) is 11.9 Å². The second-order valence-corrected chi connectivity index (χ2v) is 7.02. The fourth-order valence-corrected chi connectivity index (χ4v) is 3.74. The molecule has 7 heteroatoms. The van der Waals surface area contributed by atoms with Crippen LogP contribution >= 0.6 is 11.6 Å². The van der Waals surface area contributed by atoms with Crippen molar-refractivity contribution in [1.82, 2.24) is 20.3 Å². The molecule has 6 nitrogen and oxygen atoms in total. The van der Waals surface area contributed by atoms with Gasteiger partial charge in [0.15, 0.2) is 5.76 Å². The monoisotopic (exact) mass is 370 g/mol. The molecular formula is C19H19ClN4O2. The molecule has 134 valence electrons. The van der Waals surface area contributed by atoms with Gasteiger partial charge in [-0.25, -0.2) is 0 Å². The van der Waals surface area contributed by atoms with Gasteiger partial charge in [-0.2, -0.15) is 5.10 Å². The van der Waals surface area contributed by atoms with Crippen molar-refractivity contribution < 1.29 is 9.32 Å². The van der Waals surface area contributed by atoms with Crippen LogP contribution in [0.25, 0.3) is 11.3 Å². The average molecular weight is 371 g/mol. The number of halogens is 1. The van der Waals surface area contributed by atoms with Crippen LogP contribution in [0, 0.1) is 6.92 Å². The number of nitrogens with one attached hydrogen (secondary N) is 1. The molecule has 1 saturated heterocycles. The molecule has 1 atom stereocenters. The molecule has 1 N–H and O–H groups in total. The van der Waals surface area contributed by atoms with Crippen LogP contribution in [0.2, 0.25) is 5.02 Å². The largest absolute Gasteiger partial charge is 0.356 e. The van der Waals surface area contributed by atoms with Gasteiger partial charge in [-0.1, -0.05) is 28.9 Å². The second-order valence-electron chi connectivity index (χ2n) is 6.58. The Bertz CT molecular complexity index is 933. The summed E-state index contributed by atoms with van der Waals surface area (Å²) in [5, 5.41) is 11.8. The van der Waals surface area contributed by atoms with Gasteiger partial charge in [0.05, 0.1) is 35.6 Å². The summed E-state index contributed by atoms with van der Waals surface area (Å²) in [5.41, 5.74) is 3.49. The summed E-state index contributed by atoms with van der Waals surface area (Å²) in [6, 6.07) is 9.28. The van der Waals surface area contributed by atoms with Crippen molar-refractivity contribution in [2.45, 2.75) is 32.2 Å². The summed E-state index contributed by atoms with van der Waals surface area (Å²) in [6.07, 6.45) is 3.92. The predicted octanol–water partition coefficient (Wildman–Crippen LogP) is 3.93. The van der Waals surface area contributed by atoms with Gasteiger partial charge in [0.25, 0.3) is 0 Å². The first-order valence-corrected chi connectivity index (χ1v) is 9.00. The van der Waals surface area contributed by atoms with E-state index in [0.717, 1.165) is 41.9 Å². The van der Waals surface area contributed by atoms with E-state index in [1.165, 1.54) is 0 Å². The molecule has 4 rings (SSSR count). The number of hydrogen-bond donors (Lipinski definition) is 1. The lowest BCUT2D eigenvalue weighted by Gasteiger charge is -2.24. The zero-order chi connectivity index (χ0) is 18.1. The molecule has 1 fully saturated rings. The van der Waals surface area contributed by atoms with Gasteiger partial charge in [0, 0.05) is 17.6 Å². The van der Waals surface area contributed by atoms with Crippen LogP contribution in [0.4, 0.5) is 0 Å². The van der Waals surface area contributed by atoms with Crippen molar-refractivity contribution >= 4 is 17.5 Å². The van der Waals surface area contributed by atoms with Gasteiger partial charge in [-0.05, 0) is 37.5 Å². The van der Waals surface area contributed by atoms with E-state index in [9.17, 15) is 4.79 Å².